The van der Waals surface area contributed by atoms with Crippen LogP contribution in [0, 0.1) is 0 Å². The van der Waals surface area contributed by atoms with Gasteiger partial charge in [-0.2, -0.15) is 0 Å². The number of nitrogens with zero attached hydrogens (tertiary/aromatic N) is 2. The molecule has 0 spiro atoms. The predicted molar refractivity (Wildman–Crippen MR) is 71.7 cm³/mol. The lowest BCUT2D eigenvalue weighted by Crippen LogP contribution is -1.98. The summed E-state index contributed by atoms with van der Waals surface area (Å²) in [7, 11) is 3.22. The molecule has 5 heteroatoms. The summed E-state index contributed by atoms with van der Waals surface area (Å²) in [6.07, 6.45) is 2.04. The van der Waals surface area contributed by atoms with Crippen molar-refractivity contribution in [2.24, 2.45) is 0 Å². The second-order valence-electron chi connectivity index (χ2n) is 3.30. The van der Waals surface area contributed by atoms with E-state index in [4.69, 9.17) is 9.47 Å². The number of hydrogen-bond acceptors (Lipinski definition) is 3. The number of methoxy groups -OCH3 is 2. The lowest BCUT2D eigenvalue weighted by atomic mass is 10.3. The fourth-order valence-electron chi connectivity index (χ4n) is 1.65. The Morgan fingerprint density at radius 1 is 1.38 bits per heavy atom. The molecule has 16 heavy (non-hydrogen) atoms. The van der Waals surface area contributed by atoms with Gasteiger partial charge in [0.05, 0.1) is 25.3 Å². The topological polar surface area (TPSA) is 36.3 Å². The van der Waals surface area contributed by atoms with Gasteiger partial charge in [0.2, 0.25) is 0 Å². The minimum absolute atomic E-state index is 0.530. The van der Waals surface area contributed by atoms with E-state index in [-0.39, 0.29) is 0 Å². The number of halogens is 1. The number of alkyl halides is 1. The highest BCUT2D eigenvalue weighted by molar-refractivity contribution is 14.1. The Labute approximate surface area is 108 Å². The molecule has 2 aromatic heterocycles. The molecular formula is C11H13IN2O2. The Morgan fingerprint density at radius 3 is 2.81 bits per heavy atom. The van der Waals surface area contributed by atoms with E-state index in [2.05, 4.69) is 32.1 Å². The van der Waals surface area contributed by atoms with Crippen LogP contribution in [0.3, 0.4) is 0 Å². The third kappa shape index (κ3) is 1.95. The van der Waals surface area contributed by atoms with Crippen LogP contribution in [0.2, 0.25) is 0 Å². The van der Waals surface area contributed by atoms with Crippen molar-refractivity contribution in [2.75, 3.05) is 18.6 Å². The Kier molecular flexibility index (Phi) is 3.52. The van der Waals surface area contributed by atoms with Gasteiger partial charge >= 0.3 is 0 Å². The zero-order chi connectivity index (χ0) is 11.5. The zero-order valence-electron chi connectivity index (χ0n) is 9.24. The Morgan fingerprint density at radius 2 is 2.19 bits per heavy atom. The number of hydrogen-bond donors (Lipinski definition) is 0. The van der Waals surface area contributed by atoms with Crippen LogP contribution in [-0.4, -0.2) is 28.2 Å². The van der Waals surface area contributed by atoms with Crippen molar-refractivity contribution in [1.29, 1.82) is 0 Å². The van der Waals surface area contributed by atoms with E-state index in [9.17, 15) is 0 Å². The number of fused-ring (bicyclic) bond motifs is 1. The quantitative estimate of drug-likeness (QED) is 0.638. The molecule has 86 valence electrons. The average Bonchev–Trinajstić information content (AvgIpc) is 2.70. The Hall–Kier alpha value is -0.980. The van der Waals surface area contributed by atoms with Crippen molar-refractivity contribution in [3.8, 4) is 11.6 Å². The van der Waals surface area contributed by atoms with Crippen molar-refractivity contribution < 1.29 is 9.47 Å². The normalized spacial score (nSPS) is 10.7. The van der Waals surface area contributed by atoms with E-state index in [1.807, 2.05) is 18.3 Å². The van der Waals surface area contributed by atoms with Crippen LogP contribution in [0.1, 0.15) is 0 Å². The SMILES string of the molecule is COc1cc2c(ccn2CCI)nc1OC. The number of ether oxygens (including phenoxy) is 2. The molecule has 2 aromatic rings. The molecule has 0 atom stereocenters. The van der Waals surface area contributed by atoms with Gasteiger partial charge in [-0.3, -0.25) is 0 Å². The molecule has 0 amide bonds. The summed E-state index contributed by atoms with van der Waals surface area (Å²) in [6.45, 7) is 0.973. The summed E-state index contributed by atoms with van der Waals surface area (Å²) in [6, 6.07) is 3.96. The van der Waals surface area contributed by atoms with Gasteiger partial charge in [-0.05, 0) is 6.07 Å². The zero-order valence-corrected chi connectivity index (χ0v) is 11.4. The van der Waals surface area contributed by atoms with Gasteiger partial charge in [0.25, 0.3) is 5.88 Å². The highest BCUT2D eigenvalue weighted by atomic mass is 127. The molecule has 4 nitrogen and oxygen atoms in total. The van der Waals surface area contributed by atoms with Crippen LogP contribution in [0.15, 0.2) is 18.3 Å². The summed E-state index contributed by atoms with van der Waals surface area (Å²) in [4.78, 5) is 4.40. The fraction of sp³-hybridized carbons (Fsp3) is 0.364. The molecule has 0 aliphatic rings. The van der Waals surface area contributed by atoms with Crippen molar-refractivity contribution in [3.63, 3.8) is 0 Å². The molecule has 0 aliphatic heterocycles. The summed E-state index contributed by atoms with van der Waals surface area (Å²) >= 11 is 2.36. The van der Waals surface area contributed by atoms with Gasteiger partial charge in [0, 0.05) is 23.2 Å². The first kappa shape index (κ1) is 11.5. The minimum Gasteiger partial charge on any atom is -0.491 e. The molecule has 2 rings (SSSR count). The average molecular weight is 332 g/mol. The second-order valence-corrected chi connectivity index (χ2v) is 4.38. The van der Waals surface area contributed by atoms with E-state index >= 15 is 0 Å². The maximum absolute atomic E-state index is 5.24. The van der Waals surface area contributed by atoms with Gasteiger partial charge in [-0.1, -0.05) is 22.6 Å². The summed E-state index contributed by atoms with van der Waals surface area (Å²) in [5.41, 5.74) is 2.01. The second kappa shape index (κ2) is 4.90. The number of aromatic nitrogens is 2. The molecule has 0 unspecified atom stereocenters. The highest BCUT2D eigenvalue weighted by Crippen LogP contribution is 2.29. The lowest BCUT2D eigenvalue weighted by Gasteiger charge is -2.08. The molecule has 0 saturated carbocycles. The molecule has 0 N–H and O–H groups in total. The minimum atomic E-state index is 0.530. The molecule has 0 radical (unpaired) electrons. The van der Waals surface area contributed by atoms with Crippen LogP contribution in [-0.2, 0) is 6.54 Å². The standard InChI is InChI=1S/C11H13IN2O2/c1-15-10-7-9-8(13-11(10)16-2)3-5-14(9)6-4-12/h3,5,7H,4,6H2,1-2H3. The van der Waals surface area contributed by atoms with E-state index in [0.717, 1.165) is 22.0 Å². The van der Waals surface area contributed by atoms with E-state index in [1.54, 1.807) is 14.2 Å². The maximum atomic E-state index is 5.24. The predicted octanol–water partition coefficient (Wildman–Crippen LogP) is 2.49. The van der Waals surface area contributed by atoms with Crippen LogP contribution < -0.4 is 9.47 Å². The van der Waals surface area contributed by atoms with Gasteiger partial charge in [-0.15, -0.1) is 0 Å². The number of pyridine rings is 1. The highest BCUT2D eigenvalue weighted by Gasteiger charge is 2.10. The van der Waals surface area contributed by atoms with Crippen LogP contribution in [0.5, 0.6) is 11.6 Å². The molecule has 0 bridgehead atoms. The number of aryl methyl sites for hydroxylation is 1. The first-order valence-corrected chi connectivity index (χ1v) is 6.46. The first-order valence-electron chi connectivity index (χ1n) is 4.94. The smallest absolute Gasteiger partial charge is 0.257 e. The van der Waals surface area contributed by atoms with Crippen LogP contribution >= 0.6 is 22.6 Å². The first-order chi connectivity index (χ1) is 7.80. The molecular weight excluding hydrogens is 319 g/mol. The third-order valence-corrected chi connectivity index (χ3v) is 2.91. The monoisotopic (exact) mass is 332 g/mol. The summed E-state index contributed by atoms with van der Waals surface area (Å²) < 4.78 is 13.6. The fourth-order valence-corrected chi connectivity index (χ4v) is 2.17. The molecule has 0 saturated heterocycles. The number of rotatable bonds is 4. The summed E-state index contributed by atoms with van der Waals surface area (Å²) in [5, 5.41) is 0. The van der Waals surface area contributed by atoms with Gasteiger partial charge in [0.15, 0.2) is 5.75 Å². The van der Waals surface area contributed by atoms with Crippen molar-refractivity contribution >= 4 is 33.6 Å². The lowest BCUT2D eigenvalue weighted by molar-refractivity contribution is 0.344. The van der Waals surface area contributed by atoms with E-state index in [0.29, 0.717) is 11.6 Å². The van der Waals surface area contributed by atoms with Crippen molar-refractivity contribution in [3.05, 3.63) is 18.3 Å². The third-order valence-electron chi connectivity index (χ3n) is 2.42. The van der Waals surface area contributed by atoms with Crippen LogP contribution in [0.4, 0.5) is 0 Å². The van der Waals surface area contributed by atoms with Crippen molar-refractivity contribution in [2.45, 2.75) is 6.54 Å². The summed E-state index contributed by atoms with van der Waals surface area (Å²) in [5.74, 6) is 1.20. The largest absolute Gasteiger partial charge is 0.491 e. The maximum Gasteiger partial charge on any atom is 0.257 e. The van der Waals surface area contributed by atoms with Gasteiger partial charge in [0.1, 0.15) is 0 Å². The molecule has 0 fully saturated rings. The Balaban J connectivity index is 2.57. The Bertz CT molecular complexity index is 496. The van der Waals surface area contributed by atoms with Gasteiger partial charge in [-0.25, -0.2) is 4.98 Å². The molecule has 2 heterocycles. The van der Waals surface area contributed by atoms with E-state index < -0.39 is 0 Å². The molecule has 0 aliphatic carbocycles. The molecule has 0 aromatic carbocycles. The van der Waals surface area contributed by atoms with Gasteiger partial charge < -0.3 is 14.0 Å². The van der Waals surface area contributed by atoms with Crippen LogP contribution in [0.25, 0.3) is 11.0 Å². The van der Waals surface area contributed by atoms with Crippen molar-refractivity contribution in [1.82, 2.24) is 9.55 Å². The van der Waals surface area contributed by atoms with E-state index in [1.165, 1.54) is 0 Å².